The number of halogens is 2. The predicted molar refractivity (Wildman–Crippen MR) is 121 cm³/mol. The fourth-order valence-corrected chi connectivity index (χ4v) is 3.85. The third-order valence-corrected chi connectivity index (χ3v) is 5.70. The van der Waals surface area contributed by atoms with Crippen LogP contribution in [0.1, 0.15) is 24.2 Å². The lowest BCUT2D eigenvalue weighted by Crippen LogP contribution is -2.35. The molecule has 0 spiro atoms. The molecular weight excluding hydrogens is 430 g/mol. The number of rotatable bonds is 6. The molecule has 0 fully saturated rings. The van der Waals surface area contributed by atoms with Crippen LogP contribution in [0.4, 0.5) is 14.6 Å². The second-order valence-electron chi connectivity index (χ2n) is 7.70. The number of fused-ring (bicyclic) bond motifs is 1. The summed E-state index contributed by atoms with van der Waals surface area (Å²) in [5, 5.41) is 0.336. The summed E-state index contributed by atoms with van der Waals surface area (Å²) >= 11 is 0. The van der Waals surface area contributed by atoms with Crippen molar-refractivity contribution in [1.82, 2.24) is 14.9 Å². The lowest BCUT2D eigenvalue weighted by Gasteiger charge is -2.26. The van der Waals surface area contributed by atoms with Crippen LogP contribution in [0, 0.1) is 11.6 Å². The highest BCUT2D eigenvalue weighted by atomic mass is 19.1. The van der Waals surface area contributed by atoms with Crippen LogP contribution >= 0.6 is 0 Å². The van der Waals surface area contributed by atoms with Gasteiger partial charge >= 0.3 is 0 Å². The molecule has 4 rings (SSSR count). The maximum atomic E-state index is 15.0. The van der Waals surface area contributed by atoms with Gasteiger partial charge in [-0.05, 0) is 42.2 Å². The zero-order valence-electron chi connectivity index (χ0n) is 18.4. The topological polar surface area (TPSA) is 90.6 Å². The summed E-state index contributed by atoms with van der Waals surface area (Å²) in [6, 6.07) is 7.69. The van der Waals surface area contributed by atoms with E-state index >= 15 is 4.39 Å². The summed E-state index contributed by atoms with van der Waals surface area (Å²) in [4.78, 5) is 23.1. The van der Waals surface area contributed by atoms with Crippen LogP contribution in [-0.2, 0) is 11.2 Å². The molecule has 0 unspecified atom stereocenters. The Bertz CT molecular complexity index is 1230. The fraction of sp³-hybridized carbons (Fsp3) is 0.292. The standard InChI is InChI=1S/C24H24F2N4O3/c1-32-18-13-17-21(20(26)22(18)33-2)28-24(29-23(17)27)15-9-11-30(12-10-15)19(31)8-5-14-3-6-16(25)7-4-14/h3-4,6-7,9,13H,5,8,10-12H2,1-2H3,(H2,27,28,29). The number of carbonyl (C=O) groups is 1. The van der Waals surface area contributed by atoms with Crippen LogP contribution in [0.15, 0.2) is 36.4 Å². The number of nitrogens with two attached hydrogens (primary N) is 1. The third-order valence-electron chi connectivity index (χ3n) is 5.70. The summed E-state index contributed by atoms with van der Waals surface area (Å²) in [5.74, 6) is -0.347. The molecule has 0 bridgehead atoms. The number of benzene rings is 2. The summed E-state index contributed by atoms with van der Waals surface area (Å²) in [7, 11) is 2.76. The lowest BCUT2D eigenvalue weighted by molar-refractivity contribution is -0.130. The van der Waals surface area contributed by atoms with Crippen molar-refractivity contribution in [2.24, 2.45) is 0 Å². The van der Waals surface area contributed by atoms with Crippen LogP contribution in [0.2, 0.25) is 0 Å². The molecule has 2 heterocycles. The number of amides is 1. The summed E-state index contributed by atoms with van der Waals surface area (Å²) in [6.07, 6.45) is 3.25. The van der Waals surface area contributed by atoms with E-state index in [4.69, 9.17) is 15.2 Å². The number of methoxy groups -OCH3 is 2. The molecule has 1 aromatic heterocycles. The van der Waals surface area contributed by atoms with Gasteiger partial charge in [-0.15, -0.1) is 0 Å². The molecule has 1 aliphatic rings. The van der Waals surface area contributed by atoms with Gasteiger partial charge < -0.3 is 20.1 Å². The lowest BCUT2D eigenvalue weighted by atomic mass is 10.0. The smallest absolute Gasteiger partial charge is 0.223 e. The maximum absolute atomic E-state index is 15.0. The normalized spacial score (nSPS) is 13.7. The van der Waals surface area contributed by atoms with Gasteiger partial charge in [0.1, 0.15) is 17.2 Å². The Kier molecular flexibility index (Phi) is 6.39. The Balaban J connectivity index is 1.51. The van der Waals surface area contributed by atoms with Gasteiger partial charge in [0, 0.05) is 24.9 Å². The maximum Gasteiger partial charge on any atom is 0.223 e. The number of carbonyl (C=O) groups excluding carboxylic acids is 1. The van der Waals surface area contributed by atoms with E-state index in [-0.39, 0.29) is 34.6 Å². The van der Waals surface area contributed by atoms with Gasteiger partial charge in [-0.2, -0.15) is 0 Å². The fourth-order valence-electron chi connectivity index (χ4n) is 3.85. The number of nitrogen functional groups attached to an aromatic ring is 1. The minimum absolute atomic E-state index is 0.0106. The third kappa shape index (κ3) is 4.57. The molecule has 1 amide bonds. The van der Waals surface area contributed by atoms with Crippen molar-refractivity contribution >= 4 is 28.2 Å². The van der Waals surface area contributed by atoms with Gasteiger partial charge in [-0.1, -0.05) is 18.2 Å². The first-order valence-electron chi connectivity index (χ1n) is 10.5. The second kappa shape index (κ2) is 9.40. The van der Waals surface area contributed by atoms with Crippen molar-refractivity contribution in [1.29, 1.82) is 0 Å². The Morgan fingerprint density at radius 2 is 1.91 bits per heavy atom. The van der Waals surface area contributed by atoms with Crippen LogP contribution in [0.25, 0.3) is 16.5 Å². The number of nitrogens with zero attached hydrogens (tertiary/aromatic N) is 3. The molecule has 0 saturated heterocycles. The second-order valence-corrected chi connectivity index (χ2v) is 7.70. The first-order valence-corrected chi connectivity index (χ1v) is 10.5. The number of anilines is 1. The van der Waals surface area contributed by atoms with Crippen molar-refractivity contribution in [3.63, 3.8) is 0 Å². The molecule has 9 heteroatoms. The Labute approximate surface area is 189 Å². The first kappa shape index (κ1) is 22.4. The molecule has 7 nitrogen and oxygen atoms in total. The minimum atomic E-state index is -0.670. The van der Waals surface area contributed by atoms with E-state index in [1.54, 1.807) is 23.1 Å². The van der Waals surface area contributed by atoms with Crippen molar-refractivity contribution in [3.8, 4) is 11.5 Å². The van der Waals surface area contributed by atoms with Crippen molar-refractivity contribution < 1.29 is 23.0 Å². The number of hydrogen-bond acceptors (Lipinski definition) is 6. The average Bonchev–Trinajstić information content (AvgIpc) is 2.83. The Morgan fingerprint density at radius 3 is 2.55 bits per heavy atom. The average molecular weight is 454 g/mol. The molecule has 1 aliphatic heterocycles. The quantitative estimate of drug-likeness (QED) is 0.610. The molecule has 172 valence electrons. The molecular formula is C24H24F2N4O3. The number of ether oxygens (including phenoxy) is 2. The molecule has 2 N–H and O–H groups in total. The molecule has 0 saturated carbocycles. The Morgan fingerprint density at radius 1 is 1.15 bits per heavy atom. The summed E-state index contributed by atoms with van der Waals surface area (Å²) < 4.78 is 38.3. The summed E-state index contributed by atoms with van der Waals surface area (Å²) in [5.41, 5.74) is 7.85. The Hall–Kier alpha value is -3.75. The van der Waals surface area contributed by atoms with E-state index in [0.717, 1.165) is 11.1 Å². The largest absolute Gasteiger partial charge is 0.493 e. The van der Waals surface area contributed by atoms with E-state index in [0.29, 0.717) is 43.6 Å². The van der Waals surface area contributed by atoms with Gasteiger partial charge in [0.25, 0.3) is 0 Å². The molecule has 0 radical (unpaired) electrons. The van der Waals surface area contributed by atoms with E-state index in [2.05, 4.69) is 9.97 Å². The van der Waals surface area contributed by atoms with Crippen molar-refractivity contribution in [3.05, 3.63) is 59.4 Å². The molecule has 0 atom stereocenters. The first-order chi connectivity index (χ1) is 15.9. The van der Waals surface area contributed by atoms with E-state index < -0.39 is 5.82 Å². The van der Waals surface area contributed by atoms with E-state index in [9.17, 15) is 9.18 Å². The van der Waals surface area contributed by atoms with E-state index in [1.165, 1.54) is 26.4 Å². The van der Waals surface area contributed by atoms with Gasteiger partial charge in [-0.3, -0.25) is 4.79 Å². The monoisotopic (exact) mass is 454 g/mol. The predicted octanol–water partition coefficient (Wildman–Crippen LogP) is 3.76. The minimum Gasteiger partial charge on any atom is -0.493 e. The van der Waals surface area contributed by atoms with Crippen LogP contribution in [0.5, 0.6) is 11.5 Å². The highest BCUT2D eigenvalue weighted by Gasteiger charge is 2.23. The van der Waals surface area contributed by atoms with Gasteiger partial charge in [0.05, 0.1) is 14.2 Å². The zero-order valence-corrected chi connectivity index (χ0v) is 18.4. The zero-order chi connectivity index (χ0) is 23.5. The molecule has 0 aliphatic carbocycles. The van der Waals surface area contributed by atoms with Crippen LogP contribution in [0.3, 0.4) is 0 Å². The highest BCUT2D eigenvalue weighted by molar-refractivity contribution is 5.92. The summed E-state index contributed by atoms with van der Waals surface area (Å²) in [6.45, 7) is 0.886. The van der Waals surface area contributed by atoms with Gasteiger partial charge in [0.15, 0.2) is 23.1 Å². The number of aryl methyl sites for hydroxylation is 1. The van der Waals surface area contributed by atoms with E-state index in [1.807, 2.05) is 6.08 Å². The van der Waals surface area contributed by atoms with Crippen LogP contribution in [-0.4, -0.2) is 48.1 Å². The SMILES string of the molecule is COc1cc2c(N)nc(C3=CCN(C(=O)CCc4ccc(F)cc4)CC3)nc2c(F)c1OC. The molecule has 3 aromatic rings. The molecule has 33 heavy (non-hydrogen) atoms. The van der Waals surface area contributed by atoms with Gasteiger partial charge in [0.2, 0.25) is 5.91 Å². The number of aromatic nitrogens is 2. The van der Waals surface area contributed by atoms with Crippen LogP contribution < -0.4 is 15.2 Å². The highest BCUT2D eigenvalue weighted by Crippen LogP contribution is 2.37. The van der Waals surface area contributed by atoms with Crippen molar-refractivity contribution in [2.75, 3.05) is 33.0 Å². The van der Waals surface area contributed by atoms with Gasteiger partial charge in [-0.25, -0.2) is 18.7 Å². The number of hydrogen-bond donors (Lipinski definition) is 1. The van der Waals surface area contributed by atoms with Crippen molar-refractivity contribution in [2.45, 2.75) is 19.3 Å². The molecule has 2 aromatic carbocycles.